The van der Waals surface area contributed by atoms with E-state index in [4.69, 9.17) is 10.5 Å². The maximum atomic E-state index is 6.05. The molecular formula is C17H23N3O. The SMILES string of the molecule is COc1ccccc1CC(C)N(C)c1nc(C)ccc1N. The average molecular weight is 285 g/mol. The first-order chi connectivity index (χ1) is 10.0. The van der Waals surface area contributed by atoms with Crippen molar-refractivity contribution in [3.05, 3.63) is 47.7 Å². The maximum absolute atomic E-state index is 6.05. The molecule has 1 aromatic carbocycles. The third-order valence-corrected chi connectivity index (χ3v) is 3.75. The number of pyridine rings is 1. The van der Waals surface area contributed by atoms with Crippen molar-refractivity contribution in [2.45, 2.75) is 26.3 Å². The summed E-state index contributed by atoms with van der Waals surface area (Å²) in [5.74, 6) is 1.75. The molecule has 4 heteroatoms. The van der Waals surface area contributed by atoms with E-state index in [2.05, 4.69) is 22.9 Å². The molecular weight excluding hydrogens is 262 g/mol. The van der Waals surface area contributed by atoms with E-state index < -0.39 is 0 Å². The lowest BCUT2D eigenvalue weighted by atomic mass is 10.0. The third-order valence-electron chi connectivity index (χ3n) is 3.75. The largest absolute Gasteiger partial charge is 0.496 e. The Morgan fingerprint density at radius 1 is 1.24 bits per heavy atom. The first-order valence-corrected chi connectivity index (χ1v) is 7.10. The lowest BCUT2D eigenvalue weighted by molar-refractivity contribution is 0.408. The molecule has 0 bridgehead atoms. The number of anilines is 2. The number of ether oxygens (including phenoxy) is 1. The van der Waals surface area contributed by atoms with E-state index in [1.807, 2.05) is 44.3 Å². The Hall–Kier alpha value is -2.23. The molecule has 0 fully saturated rings. The molecule has 0 spiro atoms. The summed E-state index contributed by atoms with van der Waals surface area (Å²) in [7, 11) is 3.73. The highest BCUT2D eigenvalue weighted by Gasteiger charge is 2.16. The smallest absolute Gasteiger partial charge is 0.152 e. The third kappa shape index (κ3) is 3.45. The summed E-state index contributed by atoms with van der Waals surface area (Å²) >= 11 is 0. The van der Waals surface area contributed by atoms with Gasteiger partial charge in [-0.05, 0) is 44.0 Å². The van der Waals surface area contributed by atoms with Gasteiger partial charge in [-0.25, -0.2) is 4.98 Å². The molecule has 21 heavy (non-hydrogen) atoms. The Bertz CT molecular complexity index is 613. The molecule has 0 aliphatic heterocycles. The van der Waals surface area contributed by atoms with Gasteiger partial charge in [-0.1, -0.05) is 18.2 Å². The summed E-state index contributed by atoms with van der Waals surface area (Å²) in [6.07, 6.45) is 0.871. The number of hydrogen-bond donors (Lipinski definition) is 1. The minimum absolute atomic E-state index is 0.262. The number of nitrogens with zero attached hydrogens (tertiary/aromatic N) is 2. The van der Waals surface area contributed by atoms with Crippen LogP contribution in [-0.4, -0.2) is 25.2 Å². The van der Waals surface area contributed by atoms with Crippen LogP contribution in [0.2, 0.25) is 0 Å². The van der Waals surface area contributed by atoms with Crippen molar-refractivity contribution in [2.24, 2.45) is 0 Å². The van der Waals surface area contributed by atoms with Gasteiger partial charge in [0.15, 0.2) is 5.82 Å². The normalized spacial score (nSPS) is 12.0. The van der Waals surface area contributed by atoms with Crippen molar-refractivity contribution >= 4 is 11.5 Å². The molecule has 0 saturated heterocycles. The molecule has 4 nitrogen and oxygen atoms in total. The summed E-state index contributed by atoms with van der Waals surface area (Å²) in [5, 5.41) is 0. The van der Waals surface area contributed by atoms with Crippen LogP contribution >= 0.6 is 0 Å². The highest BCUT2D eigenvalue weighted by Crippen LogP contribution is 2.25. The zero-order chi connectivity index (χ0) is 15.4. The summed E-state index contributed by atoms with van der Waals surface area (Å²) in [6.45, 7) is 4.14. The van der Waals surface area contributed by atoms with Crippen LogP contribution in [0.5, 0.6) is 5.75 Å². The van der Waals surface area contributed by atoms with Crippen LogP contribution in [0.1, 0.15) is 18.2 Å². The number of nitrogen functional groups attached to an aromatic ring is 1. The second kappa shape index (κ2) is 6.48. The van der Waals surface area contributed by atoms with E-state index in [9.17, 15) is 0 Å². The van der Waals surface area contributed by atoms with Crippen LogP contribution in [0.3, 0.4) is 0 Å². The van der Waals surface area contributed by atoms with E-state index in [0.29, 0.717) is 5.69 Å². The van der Waals surface area contributed by atoms with Crippen LogP contribution in [0.15, 0.2) is 36.4 Å². The summed E-state index contributed by atoms with van der Waals surface area (Å²) in [4.78, 5) is 6.67. The van der Waals surface area contributed by atoms with Crippen molar-refractivity contribution < 1.29 is 4.74 Å². The van der Waals surface area contributed by atoms with E-state index in [1.54, 1.807) is 7.11 Å². The van der Waals surface area contributed by atoms with E-state index >= 15 is 0 Å². The predicted octanol–water partition coefficient (Wildman–Crippen LogP) is 3.05. The monoisotopic (exact) mass is 285 g/mol. The minimum atomic E-state index is 0.262. The number of nitrogens with two attached hydrogens (primary N) is 1. The fourth-order valence-corrected chi connectivity index (χ4v) is 2.37. The van der Waals surface area contributed by atoms with Gasteiger partial charge in [0.05, 0.1) is 12.8 Å². The molecule has 0 saturated carbocycles. The number of methoxy groups -OCH3 is 1. The van der Waals surface area contributed by atoms with Crippen LogP contribution in [0.25, 0.3) is 0 Å². The first-order valence-electron chi connectivity index (χ1n) is 7.10. The fourth-order valence-electron chi connectivity index (χ4n) is 2.37. The molecule has 0 amide bonds. The summed E-state index contributed by atoms with van der Waals surface area (Å²) in [6, 6.07) is 12.2. The van der Waals surface area contributed by atoms with Crippen molar-refractivity contribution in [1.82, 2.24) is 4.98 Å². The lowest BCUT2D eigenvalue weighted by Gasteiger charge is -2.27. The maximum Gasteiger partial charge on any atom is 0.152 e. The van der Waals surface area contributed by atoms with Crippen molar-refractivity contribution in [2.75, 3.05) is 24.8 Å². The van der Waals surface area contributed by atoms with E-state index in [0.717, 1.165) is 23.7 Å². The van der Waals surface area contributed by atoms with Crippen LogP contribution < -0.4 is 15.4 Å². The van der Waals surface area contributed by atoms with Crippen LogP contribution in [0, 0.1) is 6.92 Å². The number of aryl methyl sites for hydroxylation is 1. The molecule has 1 unspecified atom stereocenters. The Morgan fingerprint density at radius 2 is 1.95 bits per heavy atom. The van der Waals surface area contributed by atoms with E-state index in [1.165, 1.54) is 5.56 Å². The topological polar surface area (TPSA) is 51.4 Å². The lowest BCUT2D eigenvalue weighted by Crippen LogP contribution is -2.32. The van der Waals surface area contributed by atoms with Gasteiger partial charge in [0, 0.05) is 18.8 Å². The van der Waals surface area contributed by atoms with Crippen molar-refractivity contribution in [3.63, 3.8) is 0 Å². The Kier molecular flexibility index (Phi) is 4.68. The van der Waals surface area contributed by atoms with Gasteiger partial charge < -0.3 is 15.4 Å². The molecule has 0 aliphatic rings. The number of aromatic nitrogens is 1. The Balaban J connectivity index is 2.19. The minimum Gasteiger partial charge on any atom is -0.496 e. The van der Waals surface area contributed by atoms with Crippen LogP contribution in [-0.2, 0) is 6.42 Å². The fraction of sp³-hybridized carbons (Fsp3) is 0.353. The number of hydrogen-bond acceptors (Lipinski definition) is 4. The number of para-hydroxylation sites is 1. The zero-order valence-corrected chi connectivity index (χ0v) is 13.1. The first kappa shape index (κ1) is 15.2. The summed E-state index contributed by atoms with van der Waals surface area (Å²) < 4.78 is 5.42. The van der Waals surface area contributed by atoms with Crippen molar-refractivity contribution in [3.8, 4) is 5.75 Å². The highest BCUT2D eigenvalue weighted by molar-refractivity contribution is 5.63. The van der Waals surface area contributed by atoms with Gasteiger partial charge in [0.25, 0.3) is 0 Å². The second-order valence-electron chi connectivity index (χ2n) is 5.34. The highest BCUT2D eigenvalue weighted by atomic mass is 16.5. The molecule has 2 aromatic rings. The quantitative estimate of drug-likeness (QED) is 0.917. The molecule has 1 atom stereocenters. The van der Waals surface area contributed by atoms with E-state index in [-0.39, 0.29) is 6.04 Å². The van der Waals surface area contributed by atoms with Gasteiger partial charge in [-0.2, -0.15) is 0 Å². The van der Waals surface area contributed by atoms with Gasteiger partial charge in [0.2, 0.25) is 0 Å². The Labute approximate surface area is 126 Å². The van der Waals surface area contributed by atoms with Crippen molar-refractivity contribution in [1.29, 1.82) is 0 Å². The molecule has 1 heterocycles. The molecule has 0 radical (unpaired) electrons. The average Bonchev–Trinajstić information content (AvgIpc) is 2.49. The predicted molar refractivity (Wildman–Crippen MR) is 87.9 cm³/mol. The van der Waals surface area contributed by atoms with Gasteiger partial charge in [0.1, 0.15) is 5.75 Å². The standard InChI is InChI=1S/C17H23N3O/c1-12-9-10-15(18)17(19-12)20(3)13(2)11-14-7-5-6-8-16(14)21-4/h5-10,13H,11,18H2,1-4H3. The number of benzene rings is 1. The van der Waals surface area contributed by atoms with Crippen LogP contribution in [0.4, 0.5) is 11.5 Å². The number of rotatable bonds is 5. The van der Waals surface area contributed by atoms with Gasteiger partial charge in [-0.15, -0.1) is 0 Å². The Morgan fingerprint density at radius 3 is 2.67 bits per heavy atom. The van der Waals surface area contributed by atoms with Gasteiger partial charge in [-0.3, -0.25) is 0 Å². The molecule has 2 rings (SSSR count). The molecule has 0 aliphatic carbocycles. The molecule has 1 aromatic heterocycles. The van der Waals surface area contributed by atoms with Gasteiger partial charge >= 0.3 is 0 Å². The molecule has 112 valence electrons. The molecule has 2 N–H and O–H groups in total. The zero-order valence-electron chi connectivity index (χ0n) is 13.1. The number of likely N-dealkylation sites (N-methyl/N-ethyl adjacent to an activating group) is 1. The summed E-state index contributed by atoms with van der Waals surface area (Å²) in [5.41, 5.74) is 8.91. The second-order valence-corrected chi connectivity index (χ2v) is 5.34.